The van der Waals surface area contributed by atoms with Crippen LogP contribution in [0, 0.1) is 35.3 Å². The van der Waals surface area contributed by atoms with Crippen molar-refractivity contribution in [3.8, 4) is 17.6 Å². The molecule has 4 rings (SSSR count). The molecule has 0 aromatic heterocycles. The van der Waals surface area contributed by atoms with Gasteiger partial charge < -0.3 is 14.2 Å². The van der Waals surface area contributed by atoms with Crippen molar-refractivity contribution >= 4 is 10.8 Å². The van der Waals surface area contributed by atoms with Gasteiger partial charge in [0, 0.05) is 28.7 Å². The van der Waals surface area contributed by atoms with E-state index in [2.05, 4.69) is 6.92 Å². The van der Waals surface area contributed by atoms with E-state index in [1.165, 1.54) is 18.4 Å². The zero-order chi connectivity index (χ0) is 28.2. The van der Waals surface area contributed by atoms with Crippen molar-refractivity contribution in [2.75, 3.05) is 13.2 Å². The molecule has 1 aliphatic heterocycles. The Morgan fingerprint density at radius 1 is 1.03 bits per heavy atom. The topological polar surface area (TPSA) is 27.7 Å². The molecule has 0 saturated carbocycles. The molecule has 212 valence electrons. The highest BCUT2D eigenvalue weighted by Gasteiger charge is 2.40. The average Bonchev–Trinajstić information content (AvgIpc) is 2.88. The summed E-state index contributed by atoms with van der Waals surface area (Å²) in [5, 5.41) is -0.438. The smallest absolute Gasteiger partial charge is 0.429 e. The monoisotopic (exact) mass is 558 g/mol. The molecule has 2 aliphatic rings. The highest BCUT2D eigenvalue weighted by atomic mass is 19.4. The predicted octanol–water partition coefficient (Wildman–Crippen LogP) is 8.30. The largest absolute Gasteiger partial charge is 0.458 e. The highest BCUT2D eigenvalue weighted by molar-refractivity contribution is 5.86. The Balaban J connectivity index is 1.40. The minimum atomic E-state index is -4.93. The molecule has 10 heteroatoms. The van der Waals surface area contributed by atoms with Gasteiger partial charge in [-0.05, 0) is 55.3 Å². The molecule has 0 N–H and O–H groups in total. The summed E-state index contributed by atoms with van der Waals surface area (Å²) in [6.45, 7) is 3.34. The first kappa shape index (κ1) is 29.2. The van der Waals surface area contributed by atoms with E-state index in [0.29, 0.717) is 32.0 Å². The van der Waals surface area contributed by atoms with Gasteiger partial charge in [0.2, 0.25) is 0 Å². The fourth-order valence-corrected chi connectivity index (χ4v) is 4.88. The minimum absolute atomic E-state index is 0.0533. The van der Waals surface area contributed by atoms with Crippen LogP contribution in [0.3, 0.4) is 0 Å². The summed E-state index contributed by atoms with van der Waals surface area (Å²) in [5.74, 6) is -0.449. The summed E-state index contributed by atoms with van der Waals surface area (Å²) in [4.78, 5) is 0. The molecule has 3 nitrogen and oxygen atoms in total. The van der Waals surface area contributed by atoms with Crippen LogP contribution >= 0.6 is 0 Å². The number of alkyl halides is 5. The van der Waals surface area contributed by atoms with Crippen molar-refractivity contribution in [2.24, 2.45) is 11.8 Å². The van der Waals surface area contributed by atoms with Gasteiger partial charge in [-0.2, -0.15) is 22.0 Å². The molecule has 1 saturated heterocycles. The van der Waals surface area contributed by atoms with Gasteiger partial charge in [0.1, 0.15) is 17.4 Å². The molecule has 1 heterocycles. The van der Waals surface area contributed by atoms with Crippen molar-refractivity contribution < 1.29 is 44.9 Å². The normalized spacial score (nSPS) is 22.3. The van der Waals surface area contributed by atoms with Crippen LogP contribution in [0.2, 0.25) is 0 Å². The molecular weight excluding hydrogens is 529 g/mol. The molecule has 0 radical (unpaired) electrons. The minimum Gasteiger partial charge on any atom is -0.429 e. The second-order valence-electron chi connectivity index (χ2n) is 9.96. The average molecular weight is 559 g/mol. The van der Waals surface area contributed by atoms with Crippen molar-refractivity contribution in [3.05, 3.63) is 53.1 Å². The molecule has 1 aliphatic carbocycles. The van der Waals surface area contributed by atoms with Gasteiger partial charge in [-0.3, -0.25) is 0 Å². The number of ether oxygens (including phenoxy) is 3. The Morgan fingerprint density at radius 3 is 2.41 bits per heavy atom. The van der Waals surface area contributed by atoms with Gasteiger partial charge in [-0.1, -0.05) is 38.2 Å². The number of fused-ring (bicyclic) bond motifs is 1. The molecule has 1 atom stereocenters. The maximum absolute atomic E-state index is 15.0. The van der Waals surface area contributed by atoms with Gasteiger partial charge in [0.15, 0.2) is 6.29 Å². The number of halogens is 7. The quantitative estimate of drug-likeness (QED) is 0.141. The second-order valence-corrected chi connectivity index (χ2v) is 9.96. The third-order valence-electron chi connectivity index (χ3n) is 6.99. The van der Waals surface area contributed by atoms with Crippen LogP contribution in [0.1, 0.15) is 57.4 Å². The summed E-state index contributed by atoms with van der Waals surface area (Å²) in [5.41, 5.74) is -1.28. The van der Waals surface area contributed by atoms with Crippen LogP contribution in [0.5, 0.6) is 5.75 Å². The van der Waals surface area contributed by atoms with E-state index in [1.54, 1.807) is 0 Å². The van der Waals surface area contributed by atoms with Crippen molar-refractivity contribution in [3.63, 3.8) is 0 Å². The lowest BCUT2D eigenvalue weighted by Crippen LogP contribution is -2.38. The summed E-state index contributed by atoms with van der Waals surface area (Å²) in [6, 6.07) is 3.81. The SMILES string of the molecule is CCCCCC1COC(C2CC=C(C(F)(F)Oc3ccc4c(F)c(C#CC(F)(F)F)c(F)cc4c3)CC2)OC1. The lowest BCUT2D eigenvalue weighted by atomic mass is 9.88. The lowest BCUT2D eigenvalue weighted by molar-refractivity contribution is -0.227. The fraction of sp³-hybridized carbons (Fsp3) is 0.517. The summed E-state index contributed by atoms with van der Waals surface area (Å²) < 4.78 is 113. The van der Waals surface area contributed by atoms with E-state index >= 15 is 0 Å². The molecule has 0 amide bonds. The zero-order valence-corrected chi connectivity index (χ0v) is 21.4. The van der Waals surface area contributed by atoms with E-state index < -0.39 is 35.8 Å². The number of rotatable bonds is 8. The third-order valence-corrected chi connectivity index (χ3v) is 6.99. The van der Waals surface area contributed by atoms with Gasteiger partial charge >= 0.3 is 12.3 Å². The molecule has 1 fully saturated rings. The molecule has 39 heavy (non-hydrogen) atoms. The van der Waals surface area contributed by atoms with E-state index in [9.17, 15) is 30.7 Å². The zero-order valence-electron chi connectivity index (χ0n) is 21.4. The van der Waals surface area contributed by atoms with E-state index in [4.69, 9.17) is 14.2 Å². The Labute approximate surface area is 222 Å². The number of unbranched alkanes of at least 4 members (excludes halogenated alkanes) is 2. The van der Waals surface area contributed by atoms with Gasteiger partial charge in [-0.15, -0.1) is 0 Å². The van der Waals surface area contributed by atoms with E-state index in [0.717, 1.165) is 49.4 Å². The molecule has 1 unspecified atom stereocenters. The number of allylic oxidation sites excluding steroid dienone is 1. The Kier molecular flexibility index (Phi) is 9.12. The van der Waals surface area contributed by atoms with Crippen LogP contribution in [-0.4, -0.2) is 31.8 Å². The molecule has 0 spiro atoms. The Bertz CT molecular complexity index is 1250. The second kappa shape index (κ2) is 12.2. The van der Waals surface area contributed by atoms with Crippen LogP contribution in [-0.2, 0) is 9.47 Å². The van der Waals surface area contributed by atoms with Gasteiger partial charge in [-0.25, -0.2) is 8.78 Å². The number of hydrogen-bond donors (Lipinski definition) is 0. The fourth-order valence-electron chi connectivity index (χ4n) is 4.88. The first-order valence-corrected chi connectivity index (χ1v) is 13.0. The molecule has 2 aromatic carbocycles. The maximum atomic E-state index is 15.0. The predicted molar refractivity (Wildman–Crippen MR) is 131 cm³/mol. The van der Waals surface area contributed by atoms with Crippen LogP contribution in [0.15, 0.2) is 35.9 Å². The van der Waals surface area contributed by atoms with Crippen LogP contribution in [0.25, 0.3) is 10.8 Å². The van der Waals surface area contributed by atoms with Crippen molar-refractivity contribution in [1.29, 1.82) is 0 Å². The first-order chi connectivity index (χ1) is 18.5. The maximum Gasteiger partial charge on any atom is 0.458 e. The lowest BCUT2D eigenvalue weighted by Gasteiger charge is -2.36. The molecule has 2 aromatic rings. The van der Waals surface area contributed by atoms with Gasteiger partial charge in [0.25, 0.3) is 0 Å². The van der Waals surface area contributed by atoms with Crippen LogP contribution in [0.4, 0.5) is 30.7 Å². The number of benzene rings is 2. The van der Waals surface area contributed by atoms with Crippen molar-refractivity contribution in [1.82, 2.24) is 0 Å². The standard InChI is InChI=1S/C29H29F7O3/c1-2-3-4-5-18-16-37-27(38-17-18)19-6-8-21(9-7-19)29(35,36)39-22-10-11-23-20(14-22)15-25(30)24(26(23)31)12-13-28(32,33)34/h8,10-11,14-15,18-19,27H,2-7,9,16-17H2,1H3. The summed E-state index contributed by atoms with van der Waals surface area (Å²) in [7, 11) is 0. The van der Waals surface area contributed by atoms with E-state index in [-0.39, 0.29) is 34.4 Å². The Hall–Kier alpha value is -2.77. The van der Waals surface area contributed by atoms with Crippen molar-refractivity contribution in [2.45, 2.75) is 70.4 Å². The first-order valence-electron chi connectivity index (χ1n) is 13.0. The van der Waals surface area contributed by atoms with E-state index in [1.807, 2.05) is 0 Å². The summed E-state index contributed by atoms with van der Waals surface area (Å²) in [6.07, 6.45) is -2.34. The Morgan fingerprint density at radius 2 is 1.77 bits per heavy atom. The number of hydrogen-bond acceptors (Lipinski definition) is 3. The van der Waals surface area contributed by atoms with Gasteiger partial charge in [0.05, 0.1) is 18.8 Å². The van der Waals surface area contributed by atoms with Crippen LogP contribution < -0.4 is 4.74 Å². The highest BCUT2D eigenvalue weighted by Crippen LogP contribution is 2.39. The molecular formula is C29H29F7O3. The summed E-state index contributed by atoms with van der Waals surface area (Å²) >= 11 is 0. The molecule has 0 bridgehead atoms. The third kappa shape index (κ3) is 7.46.